The van der Waals surface area contributed by atoms with Crippen molar-refractivity contribution in [3.8, 4) is 0 Å². The van der Waals surface area contributed by atoms with Crippen molar-refractivity contribution >= 4 is 17.3 Å². The molecule has 0 aromatic heterocycles. The molecule has 2 rings (SSSR count). The predicted molar refractivity (Wildman–Crippen MR) is 75.7 cm³/mol. The van der Waals surface area contributed by atoms with Crippen molar-refractivity contribution in [3.05, 3.63) is 0 Å². The van der Waals surface area contributed by atoms with Gasteiger partial charge in [-0.2, -0.15) is 0 Å². The zero-order valence-electron chi connectivity index (χ0n) is 12.6. The first kappa shape index (κ1) is 16.3. The van der Waals surface area contributed by atoms with Crippen molar-refractivity contribution in [1.82, 2.24) is 0 Å². The van der Waals surface area contributed by atoms with Crippen LogP contribution in [0.25, 0.3) is 0 Å². The first-order chi connectivity index (χ1) is 10.1. The zero-order valence-corrected chi connectivity index (χ0v) is 12.6. The van der Waals surface area contributed by atoms with E-state index in [1.807, 2.05) is 6.92 Å². The molecule has 0 spiro atoms. The van der Waals surface area contributed by atoms with Crippen molar-refractivity contribution in [3.63, 3.8) is 0 Å². The van der Waals surface area contributed by atoms with Crippen molar-refractivity contribution < 1.29 is 23.9 Å². The van der Waals surface area contributed by atoms with E-state index in [0.29, 0.717) is 45.3 Å². The van der Waals surface area contributed by atoms with Gasteiger partial charge in [-0.1, -0.05) is 6.92 Å². The van der Waals surface area contributed by atoms with E-state index < -0.39 is 5.92 Å². The molecule has 0 unspecified atom stereocenters. The van der Waals surface area contributed by atoms with Crippen molar-refractivity contribution in [2.45, 2.75) is 58.2 Å². The summed E-state index contributed by atoms with van der Waals surface area (Å²) < 4.78 is 10.9. The summed E-state index contributed by atoms with van der Waals surface area (Å²) in [6.45, 7) is 3.30. The van der Waals surface area contributed by atoms with Gasteiger partial charge in [0.2, 0.25) is 0 Å². The molecule has 1 aliphatic carbocycles. The third-order valence-corrected chi connectivity index (χ3v) is 4.15. The quantitative estimate of drug-likeness (QED) is 0.702. The minimum atomic E-state index is -0.983. The molecular weight excluding hydrogens is 272 g/mol. The standard InChI is InChI=1S/C16H24O5/c1-2-4-12(17)16-13(18)9-11(10-14(16)19)5-6-15-20-7-3-8-21-15/h11,15-16H,2-10H2,1H3. The van der Waals surface area contributed by atoms with Crippen LogP contribution in [0.1, 0.15) is 51.9 Å². The van der Waals surface area contributed by atoms with Crippen LogP contribution in [0.4, 0.5) is 0 Å². The van der Waals surface area contributed by atoms with Gasteiger partial charge in [0, 0.05) is 19.3 Å². The molecule has 1 heterocycles. The number of carbonyl (C=O) groups is 3. The maximum atomic E-state index is 12.1. The molecule has 0 aromatic rings. The van der Waals surface area contributed by atoms with Gasteiger partial charge < -0.3 is 9.47 Å². The number of hydrogen-bond acceptors (Lipinski definition) is 5. The Balaban J connectivity index is 1.82. The van der Waals surface area contributed by atoms with Gasteiger partial charge in [-0.25, -0.2) is 0 Å². The van der Waals surface area contributed by atoms with E-state index in [1.54, 1.807) is 0 Å². The molecule has 2 aliphatic rings. The molecule has 118 valence electrons. The van der Waals surface area contributed by atoms with Gasteiger partial charge in [0.25, 0.3) is 0 Å². The van der Waals surface area contributed by atoms with Gasteiger partial charge in [0.05, 0.1) is 13.2 Å². The van der Waals surface area contributed by atoms with Gasteiger partial charge in [-0.3, -0.25) is 14.4 Å². The minimum Gasteiger partial charge on any atom is -0.353 e. The van der Waals surface area contributed by atoms with Crippen molar-refractivity contribution in [1.29, 1.82) is 0 Å². The maximum Gasteiger partial charge on any atom is 0.157 e. The topological polar surface area (TPSA) is 69.7 Å². The first-order valence-corrected chi connectivity index (χ1v) is 7.93. The van der Waals surface area contributed by atoms with Crippen LogP contribution in [-0.4, -0.2) is 36.9 Å². The molecule has 1 saturated heterocycles. The summed E-state index contributed by atoms with van der Waals surface area (Å²) in [6, 6.07) is 0. The first-order valence-electron chi connectivity index (χ1n) is 7.93. The number of hydrogen-bond donors (Lipinski definition) is 0. The van der Waals surface area contributed by atoms with E-state index in [9.17, 15) is 14.4 Å². The fourth-order valence-corrected chi connectivity index (χ4v) is 3.09. The number of Topliss-reactive ketones (excluding diaryl/α,β-unsaturated/α-hetero) is 3. The predicted octanol–water partition coefficient (Wildman–Crippen LogP) is 2.06. The molecule has 21 heavy (non-hydrogen) atoms. The Bertz CT molecular complexity index is 379. The summed E-state index contributed by atoms with van der Waals surface area (Å²) in [5.41, 5.74) is 0. The monoisotopic (exact) mass is 296 g/mol. The third-order valence-electron chi connectivity index (χ3n) is 4.15. The Hall–Kier alpha value is -1.07. The van der Waals surface area contributed by atoms with Crippen LogP contribution in [-0.2, 0) is 23.9 Å². The van der Waals surface area contributed by atoms with Crippen LogP contribution in [0.5, 0.6) is 0 Å². The van der Waals surface area contributed by atoms with Gasteiger partial charge in [-0.15, -0.1) is 0 Å². The molecule has 0 atom stereocenters. The molecule has 0 amide bonds. The highest BCUT2D eigenvalue weighted by Gasteiger charge is 2.39. The Morgan fingerprint density at radius 1 is 1.10 bits per heavy atom. The lowest BCUT2D eigenvalue weighted by molar-refractivity contribution is -0.183. The Morgan fingerprint density at radius 3 is 2.29 bits per heavy atom. The molecule has 1 saturated carbocycles. The molecule has 0 bridgehead atoms. The highest BCUT2D eigenvalue weighted by atomic mass is 16.7. The summed E-state index contributed by atoms with van der Waals surface area (Å²) >= 11 is 0. The Labute approximate surface area is 125 Å². The van der Waals surface area contributed by atoms with Crippen molar-refractivity contribution in [2.24, 2.45) is 11.8 Å². The van der Waals surface area contributed by atoms with E-state index in [0.717, 1.165) is 12.8 Å². The normalized spacial score (nSPS) is 27.9. The van der Waals surface area contributed by atoms with Crippen LogP contribution in [0.15, 0.2) is 0 Å². The molecule has 0 aromatic carbocycles. The van der Waals surface area contributed by atoms with Gasteiger partial charge in [0.15, 0.2) is 23.6 Å². The number of rotatable bonds is 6. The van der Waals surface area contributed by atoms with Gasteiger partial charge >= 0.3 is 0 Å². The Morgan fingerprint density at radius 2 is 1.71 bits per heavy atom. The SMILES string of the molecule is CCCC(=O)C1C(=O)CC(CCC2OCCCO2)CC1=O. The summed E-state index contributed by atoms with van der Waals surface area (Å²) in [6.07, 6.45) is 3.81. The van der Waals surface area contributed by atoms with E-state index in [2.05, 4.69) is 0 Å². The van der Waals surface area contributed by atoms with Crippen LogP contribution >= 0.6 is 0 Å². The maximum absolute atomic E-state index is 12.1. The lowest BCUT2D eigenvalue weighted by Gasteiger charge is -2.28. The average Bonchev–Trinajstić information content (AvgIpc) is 2.46. The summed E-state index contributed by atoms with van der Waals surface area (Å²) in [5, 5.41) is 0. The second-order valence-electron chi connectivity index (χ2n) is 5.96. The fourth-order valence-electron chi connectivity index (χ4n) is 3.09. The molecule has 5 heteroatoms. The zero-order chi connectivity index (χ0) is 15.2. The van der Waals surface area contributed by atoms with Crippen LogP contribution in [0, 0.1) is 11.8 Å². The second-order valence-corrected chi connectivity index (χ2v) is 5.96. The average molecular weight is 296 g/mol. The van der Waals surface area contributed by atoms with Crippen molar-refractivity contribution in [2.75, 3.05) is 13.2 Å². The van der Waals surface area contributed by atoms with Crippen LogP contribution in [0.3, 0.4) is 0 Å². The Kier molecular flexibility index (Phi) is 6.06. The van der Waals surface area contributed by atoms with E-state index in [-0.39, 0.29) is 29.6 Å². The number of ketones is 3. The number of ether oxygens (including phenoxy) is 2. The van der Waals surface area contributed by atoms with Crippen LogP contribution in [0.2, 0.25) is 0 Å². The van der Waals surface area contributed by atoms with Gasteiger partial charge in [0.1, 0.15) is 5.92 Å². The van der Waals surface area contributed by atoms with E-state index >= 15 is 0 Å². The molecule has 1 aliphatic heterocycles. The molecule has 2 fully saturated rings. The van der Waals surface area contributed by atoms with E-state index in [1.165, 1.54) is 0 Å². The lowest BCUT2D eigenvalue weighted by Crippen LogP contribution is -2.39. The fraction of sp³-hybridized carbons (Fsp3) is 0.812. The lowest BCUT2D eigenvalue weighted by atomic mass is 9.76. The molecule has 5 nitrogen and oxygen atoms in total. The highest BCUT2D eigenvalue weighted by Crippen LogP contribution is 2.29. The smallest absolute Gasteiger partial charge is 0.157 e. The molecule has 0 radical (unpaired) electrons. The largest absolute Gasteiger partial charge is 0.353 e. The summed E-state index contributed by atoms with van der Waals surface area (Å²) in [7, 11) is 0. The second kappa shape index (κ2) is 7.80. The van der Waals surface area contributed by atoms with Crippen LogP contribution < -0.4 is 0 Å². The number of carbonyl (C=O) groups excluding carboxylic acids is 3. The summed E-state index contributed by atoms with van der Waals surface area (Å²) in [4.78, 5) is 36.0. The van der Waals surface area contributed by atoms with E-state index in [4.69, 9.17) is 9.47 Å². The van der Waals surface area contributed by atoms with Gasteiger partial charge in [-0.05, 0) is 31.6 Å². The minimum absolute atomic E-state index is 0.0322. The summed E-state index contributed by atoms with van der Waals surface area (Å²) in [5.74, 6) is -1.54. The third kappa shape index (κ3) is 4.45. The molecule has 0 N–H and O–H groups in total. The molecular formula is C16H24O5. The highest BCUT2D eigenvalue weighted by molar-refractivity contribution is 6.20.